The molecule has 4 atom stereocenters. The summed E-state index contributed by atoms with van der Waals surface area (Å²) in [5.74, 6) is 2.39. The molecule has 0 aliphatic heterocycles. The van der Waals surface area contributed by atoms with Gasteiger partial charge < -0.3 is 5.11 Å². The van der Waals surface area contributed by atoms with E-state index in [1.165, 1.54) is 17.5 Å². The van der Waals surface area contributed by atoms with Gasteiger partial charge in [0.1, 0.15) is 5.78 Å². The SMILES string of the molecule is C[C@]12CC[C@@H]3c4ccc(CC(=O)c5ccc(CO)cc5)cc4CC[C@H]3[C@@H]1CCC2=O. The smallest absolute Gasteiger partial charge is 0.167 e. The van der Waals surface area contributed by atoms with Gasteiger partial charge in [0.2, 0.25) is 0 Å². The minimum atomic E-state index is -0.0728. The highest BCUT2D eigenvalue weighted by atomic mass is 16.3. The molecule has 1 N–H and O–H groups in total. The van der Waals surface area contributed by atoms with Crippen molar-refractivity contribution in [3.63, 3.8) is 0 Å². The molecule has 0 radical (unpaired) electrons. The van der Waals surface area contributed by atoms with Crippen LogP contribution in [0.25, 0.3) is 0 Å². The molecule has 0 unspecified atom stereocenters. The van der Waals surface area contributed by atoms with Crippen LogP contribution in [0.2, 0.25) is 0 Å². The van der Waals surface area contributed by atoms with Crippen LogP contribution in [0.15, 0.2) is 42.5 Å². The number of aliphatic hydroxyl groups excluding tert-OH is 1. The Morgan fingerprint density at radius 1 is 1.03 bits per heavy atom. The zero-order chi connectivity index (χ0) is 20.9. The second-order valence-electron chi connectivity index (χ2n) is 9.82. The third-order valence-corrected chi connectivity index (χ3v) is 8.32. The number of benzene rings is 2. The van der Waals surface area contributed by atoms with Crippen LogP contribution >= 0.6 is 0 Å². The Morgan fingerprint density at radius 3 is 2.57 bits per heavy atom. The molecule has 30 heavy (non-hydrogen) atoms. The van der Waals surface area contributed by atoms with Gasteiger partial charge in [-0.3, -0.25) is 9.59 Å². The highest BCUT2D eigenvalue weighted by Gasteiger charge is 2.54. The predicted octanol–water partition coefficient (Wildman–Crippen LogP) is 5.03. The minimum Gasteiger partial charge on any atom is -0.392 e. The lowest BCUT2D eigenvalue weighted by atomic mass is 9.55. The number of aliphatic hydroxyl groups is 1. The van der Waals surface area contributed by atoms with Gasteiger partial charge in [-0.15, -0.1) is 0 Å². The average molecular weight is 403 g/mol. The van der Waals surface area contributed by atoms with E-state index in [0.29, 0.717) is 35.5 Å². The van der Waals surface area contributed by atoms with Crippen molar-refractivity contribution in [2.24, 2.45) is 17.3 Å². The number of ketones is 2. The van der Waals surface area contributed by atoms with Crippen molar-refractivity contribution in [2.75, 3.05) is 0 Å². The van der Waals surface area contributed by atoms with Crippen molar-refractivity contribution in [1.29, 1.82) is 0 Å². The summed E-state index contributed by atoms with van der Waals surface area (Å²) in [6.45, 7) is 2.22. The number of hydrogen-bond donors (Lipinski definition) is 1. The minimum absolute atomic E-state index is 0.00434. The average Bonchev–Trinajstić information content (AvgIpc) is 3.08. The molecule has 3 aliphatic carbocycles. The zero-order valence-electron chi connectivity index (χ0n) is 17.7. The lowest BCUT2D eigenvalue weighted by molar-refractivity contribution is -0.129. The van der Waals surface area contributed by atoms with E-state index < -0.39 is 0 Å². The molecule has 2 fully saturated rings. The largest absolute Gasteiger partial charge is 0.392 e. The first-order valence-corrected chi connectivity index (χ1v) is 11.4. The van der Waals surface area contributed by atoms with Gasteiger partial charge >= 0.3 is 0 Å². The molecule has 2 aromatic carbocycles. The molecular weight excluding hydrogens is 372 g/mol. The molecule has 0 amide bonds. The zero-order valence-corrected chi connectivity index (χ0v) is 17.7. The molecule has 5 rings (SSSR count). The molecule has 0 spiro atoms. The molecule has 0 bridgehead atoms. The van der Waals surface area contributed by atoms with Crippen LogP contribution in [0, 0.1) is 17.3 Å². The number of carbonyl (C=O) groups excluding carboxylic acids is 2. The highest BCUT2D eigenvalue weighted by Crippen LogP contribution is 2.59. The summed E-state index contributed by atoms with van der Waals surface area (Å²) in [6.07, 6.45) is 6.64. The predicted molar refractivity (Wildman–Crippen MR) is 116 cm³/mol. The molecule has 0 aromatic heterocycles. The lowest BCUT2D eigenvalue weighted by Gasteiger charge is -2.48. The summed E-state index contributed by atoms with van der Waals surface area (Å²) in [5.41, 5.74) is 5.41. The van der Waals surface area contributed by atoms with E-state index >= 15 is 0 Å². The van der Waals surface area contributed by atoms with Crippen LogP contribution in [0.1, 0.15) is 77.6 Å². The summed E-state index contributed by atoms with van der Waals surface area (Å²) >= 11 is 0. The molecule has 2 saturated carbocycles. The molecule has 156 valence electrons. The summed E-state index contributed by atoms with van der Waals surface area (Å²) in [4.78, 5) is 25.2. The third-order valence-electron chi connectivity index (χ3n) is 8.32. The van der Waals surface area contributed by atoms with Gasteiger partial charge in [-0.05, 0) is 72.1 Å². The van der Waals surface area contributed by atoms with Crippen molar-refractivity contribution >= 4 is 11.6 Å². The maximum Gasteiger partial charge on any atom is 0.167 e. The Morgan fingerprint density at radius 2 is 1.80 bits per heavy atom. The Bertz CT molecular complexity index is 990. The van der Waals surface area contributed by atoms with Crippen molar-refractivity contribution in [1.82, 2.24) is 0 Å². The highest BCUT2D eigenvalue weighted by molar-refractivity contribution is 5.97. The molecule has 3 heteroatoms. The summed E-state index contributed by atoms with van der Waals surface area (Å²) in [7, 11) is 0. The van der Waals surface area contributed by atoms with Crippen LogP contribution in [-0.2, 0) is 24.2 Å². The first kappa shape index (κ1) is 19.7. The van der Waals surface area contributed by atoms with Gasteiger partial charge in [0.05, 0.1) is 6.61 Å². The van der Waals surface area contributed by atoms with Crippen LogP contribution in [0.4, 0.5) is 0 Å². The number of Topliss-reactive ketones (excluding diaryl/α,β-unsaturated/α-hetero) is 2. The van der Waals surface area contributed by atoms with Gasteiger partial charge in [0.15, 0.2) is 5.78 Å². The number of hydrogen-bond acceptors (Lipinski definition) is 3. The maximum atomic E-state index is 12.7. The van der Waals surface area contributed by atoms with E-state index in [2.05, 4.69) is 25.1 Å². The van der Waals surface area contributed by atoms with Crippen molar-refractivity contribution in [3.05, 3.63) is 70.3 Å². The van der Waals surface area contributed by atoms with Gasteiger partial charge in [-0.2, -0.15) is 0 Å². The summed E-state index contributed by atoms with van der Waals surface area (Å²) < 4.78 is 0. The summed E-state index contributed by atoms with van der Waals surface area (Å²) in [5, 5.41) is 9.17. The fourth-order valence-corrected chi connectivity index (χ4v) is 6.60. The van der Waals surface area contributed by atoms with Crippen molar-refractivity contribution < 1.29 is 14.7 Å². The van der Waals surface area contributed by atoms with Crippen LogP contribution < -0.4 is 0 Å². The van der Waals surface area contributed by atoms with E-state index in [9.17, 15) is 14.7 Å². The molecule has 2 aromatic rings. The Kier molecular flexibility index (Phi) is 4.89. The van der Waals surface area contributed by atoms with Gasteiger partial charge in [0.25, 0.3) is 0 Å². The third kappa shape index (κ3) is 3.15. The van der Waals surface area contributed by atoms with E-state index in [4.69, 9.17) is 0 Å². The molecular formula is C27H30O3. The van der Waals surface area contributed by atoms with Crippen LogP contribution in [-0.4, -0.2) is 16.7 Å². The van der Waals surface area contributed by atoms with E-state index in [0.717, 1.165) is 43.2 Å². The normalized spacial score (nSPS) is 29.8. The lowest BCUT2D eigenvalue weighted by Crippen LogP contribution is -2.42. The molecule has 3 nitrogen and oxygen atoms in total. The fraction of sp³-hybridized carbons (Fsp3) is 0.481. The van der Waals surface area contributed by atoms with Gasteiger partial charge in [-0.25, -0.2) is 0 Å². The molecule has 0 saturated heterocycles. The second-order valence-corrected chi connectivity index (χ2v) is 9.82. The van der Waals surface area contributed by atoms with Gasteiger partial charge in [-0.1, -0.05) is 49.4 Å². The quantitative estimate of drug-likeness (QED) is 0.730. The van der Waals surface area contributed by atoms with Gasteiger partial charge in [0, 0.05) is 23.8 Å². The number of carbonyl (C=O) groups is 2. The van der Waals surface area contributed by atoms with E-state index in [1.54, 1.807) is 12.1 Å². The Balaban J connectivity index is 1.34. The Hall–Kier alpha value is -2.26. The first-order chi connectivity index (χ1) is 14.5. The fourth-order valence-electron chi connectivity index (χ4n) is 6.60. The van der Waals surface area contributed by atoms with E-state index in [1.807, 2.05) is 12.1 Å². The maximum absolute atomic E-state index is 12.7. The van der Waals surface area contributed by atoms with Crippen LogP contribution in [0.3, 0.4) is 0 Å². The monoisotopic (exact) mass is 402 g/mol. The standard InChI is InChI=1S/C27H30O3/c1-27-13-12-22-21-8-4-18(15-25(29)19-5-2-17(16-28)3-6-19)14-20(21)7-9-23(22)24(27)10-11-26(27)30/h2-6,8,14,22-24,28H,7,9-13,15-16H2,1H3/t22-,23-,24+,27+/m1/s1. The summed E-state index contributed by atoms with van der Waals surface area (Å²) in [6, 6.07) is 13.9. The van der Waals surface area contributed by atoms with Crippen molar-refractivity contribution in [2.45, 2.75) is 64.4 Å². The Labute approximate surface area is 178 Å². The molecule has 3 aliphatic rings. The van der Waals surface area contributed by atoms with E-state index in [-0.39, 0.29) is 17.8 Å². The molecule has 0 heterocycles. The first-order valence-electron chi connectivity index (χ1n) is 11.4. The topological polar surface area (TPSA) is 54.4 Å². The second kappa shape index (κ2) is 7.46. The number of aryl methyl sites for hydroxylation is 1. The van der Waals surface area contributed by atoms with Crippen LogP contribution in [0.5, 0.6) is 0 Å². The number of fused-ring (bicyclic) bond motifs is 5. The van der Waals surface area contributed by atoms with Crippen molar-refractivity contribution in [3.8, 4) is 0 Å². The number of rotatable bonds is 4.